The molecule has 0 radical (unpaired) electrons. The normalized spacial score (nSPS) is 12.7. The molecule has 0 aliphatic rings. The standard InChI is InChI=1S/C12H11Br2FN2O/c13-10-6-8(15)2-1-7(10)5-11(17-16)9-3-4-18-12(9)14/h1-4,6,11,17H,5,16H2. The number of furan rings is 1. The quantitative estimate of drug-likeness (QED) is 0.631. The van der Waals surface area contributed by atoms with E-state index in [4.69, 9.17) is 10.3 Å². The minimum atomic E-state index is -0.271. The highest BCUT2D eigenvalue weighted by atomic mass is 79.9. The van der Waals surface area contributed by atoms with Crippen LogP contribution in [0.4, 0.5) is 4.39 Å². The monoisotopic (exact) mass is 376 g/mol. The Balaban J connectivity index is 2.23. The van der Waals surface area contributed by atoms with Gasteiger partial charge < -0.3 is 4.42 Å². The van der Waals surface area contributed by atoms with Crippen LogP contribution in [-0.4, -0.2) is 0 Å². The van der Waals surface area contributed by atoms with Gasteiger partial charge in [-0.3, -0.25) is 11.3 Å². The number of hydrazine groups is 1. The maximum Gasteiger partial charge on any atom is 0.173 e. The molecular weight excluding hydrogens is 367 g/mol. The van der Waals surface area contributed by atoms with Crippen molar-refractivity contribution in [3.8, 4) is 0 Å². The van der Waals surface area contributed by atoms with E-state index in [-0.39, 0.29) is 11.9 Å². The molecule has 0 aliphatic heterocycles. The second-order valence-electron chi connectivity index (χ2n) is 3.81. The molecule has 1 heterocycles. The topological polar surface area (TPSA) is 51.2 Å². The molecule has 3 N–H and O–H groups in total. The van der Waals surface area contributed by atoms with Gasteiger partial charge in [-0.05, 0) is 46.1 Å². The van der Waals surface area contributed by atoms with Gasteiger partial charge in [0.2, 0.25) is 0 Å². The number of hydrogen-bond donors (Lipinski definition) is 2. The van der Waals surface area contributed by atoms with E-state index >= 15 is 0 Å². The molecule has 96 valence electrons. The Kier molecular flexibility index (Phi) is 4.55. The van der Waals surface area contributed by atoms with Gasteiger partial charge in [-0.25, -0.2) is 4.39 Å². The van der Waals surface area contributed by atoms with Crippen molar-refractivity contribution in [2.45, 2.75) is 12.5 Å². The van der Waals surface area contributed by atoms with E-state index in [0.717, 1.165) is 15.6 Å². The Morgan fingerprint density at radius 1 is 1.33 bits per heavy atom. The fourth-order valence-electron chi connectivity index (χ4n) is 1.72. The second-order valence-corrected chi connectivity index (χ2v) is 5.38. The third-order valence-electron chi connectivity index (χ3n) is 2.66. The van der Waals surface area contributed by atoms with Gasteiger partial charge in [0.1, 0.15) is 5.82 Å². The van der Waals surface area contributed by atoms with Crippen molar-refractivity contribution >= 4 is 31.9 Å². The Morgan fingerprint density at radius 2 is 2.11 bits per heavy atom. The molecule has 1 aromatic heterocycles. The highest BCUT2D eigenvalue weighted by Crippen LogP contribution is 2.29. The molecule has 1 unspecified atom stereocenters. The maximum atomic E-state index is 13.0. The summed E-state index contributed by atoms with van der Waals surface area (Å²) in [6.07, 6.45) is 2.21. The molecule has 2 rings (SSSR count). The van der Waals surface area contributed by atoms with Crippen LogP contribution in [-0.2, 0) is 6.42 Å². The molecule has 2 aromatic rings. The van der Waals surface area contributed by atoms with Gasteiger partial charge in [-0.2, -0.15) is 0 Å². The summed E-state index contributed by atoms with van der Waals surface area (Å²) in [5.41, 5.74) is 4.62. The fourth-order valence-corrected chi connectivity index (χ4v) is 2.75. The zero-order valence-corrected chi connectivity index (χ0v) is 12.5. The summed E-state index contributed by atoms with van der Waals surface area (Å²) in [4.78, 5) is 0. The molecule has 0 amide bonds. The molecule has 0 bridgehead atoms. The smallest absolute Gasteiger partial charge is 0.173 e. The fraction of sp³-hybridized carbons (Fsp3) is 0.167. The van der Waals surface area contributed by atoms with Crippen LogP contribution in [0, 0.1) is 5.82 Å². The molecule has 3 nitrogen and oxygen atoms in total. The zero-order valence-electron chi connectivity index (χ0n) is 9.29. The Bertz CT molecular complexity index is 545. The zero-order chi connectivity index (χ0) is 13.1. The summed E-state index contributed by atoms with van der Waals surface area (Å²) in [6.45, 7) is 0. The maximum absolute atomic E-state index is 13.0. The van der Waals surface area contributed by atoms with E-state index in [1.54, 1.807) is 12.3 Å². The number of benzene rings is 1. The van der Waals surface area contributed by atoms with Crippen LogP contribution in [0.2, 0.25) is 0 Å². The summed E-state index contributed by atoms with van der Waals surface area (Å²) in [5.74, 6) is 5.29. The van der Waals surface area contributed by atoms with Crippen LogP contribution in [0.15, 0.2) is 44.1 Å². The Labute approximate surface area is 121 Å². The van der Waals surface area contributed by atoms with E-state index in [0.29, 0.717) is 11.1 Å². The molecule has 18 heavy (non-hydrogen) atoms. The first-order chi connectivity index (χ1) is 8.61. The summed E-state index contributed by atoms with van der Waals surface area (Å²) < 4.78 is 19.6. The third kappa shape index (κ3) is 3.00. The van der Waals surface area contributed by atoms with E-state index in [1.165, 1.54) is 12.1 Å². The van der Waals surface area contributed by atoms with Crippen molar-refractivity contribution in [1.82, 2.24) is 5.43 Å². The van der Waals surface area contributed by atoms with Crippen LogP contribution in [0.5, 0.6) is 0 Å². The average molecular weight is 378 g/mol. The minimum absolute atomic E-state index is 0.111. The van der Waals surface area contributed by atoms with Crippen LogP contribution < -0.4 is 11.3 Å². The van der Waals surface area contributed by atoms with E-state index in [9.17, 15) is 4.39 Å². The molecule has 0 aliphatic carbocycles. The van der Waals surface area contributed by atoms with Gasteiger partial charge >= 0.3 is 0 Å². The Hall–Kier alpha value is -0.690. The molecule has 6 heteroatoms. The van der Waals surface area contributed by atoms with Crippen molar-refractivity contribution < 1.29 is 8.81 Å². The van der Waals surface area contributed by atoms with Gasteiger partial charge in [0.25, 0.3) is 0 Å². The first kappa shape index (κ1) is 13.7. The van der Waals surface area contributed by atoms with Crippen LogP contribution in [0.3, 0.4) is 0 Å². The van der Waals surface area contributed by atoms with E-state index < -0.39 is 0 Å². The first-order valence-corrected chi connectivity index (χ1v) is 6.83. The highest BCUT2D eigenvalue weighted by molar-refractivity contribution is 9.10. The number of hydrogen-bond acceptors (Lipinski definition) is 3. The summed E-state index contributed by atoms with van der Waals surface area (Å²) in [5, 5.41) is 0. The van der Waals surface area contributed by atoms with E-state index in [2.05, 4.69) is 37.3 Å². The molecule has 0 spiro atoms. The van der Waals surface area contributed by atoms with Crippen molar-refractivity contribution in [3.63, 3.8) is 0 Å². The van der Waals surface area contributed by atoms with Gasteiger partial charge in [0, 0.05) is 10.0 Å². The number of nitrogens with one attached hydrogen (secondary N) is 1. The molecular formula is C12H11Br2FN2O. The first-order valence-electron chi connectivity index (χ1n) is 5.24. The van der Waals surface area contributed by atoms with Crippen molar-refractivity contribution in [2.24, 2.45) is 5.84 Å². The summed E-state index contributed by atoms with van der Waals surface area (Å²) in [6, 6.07) is 6.33. The Morgan fingerprint density at radius 3 is 2.67 bits per heavy atom. The van der Waals surface area contributed by atoms with Gasteiger partial charge in [0.05, 0.1) is 12.3 Å². The second kappa shape index (κ2) is 5.97. The lowest BCUT2D eigenvalue weighted by molar-refractivity contribution is 0.506. The van der Waals surface area contributed by atoms with Gasteiger partial charge in [0.15, 0.2) is 4.67 Å². The highest BCUT2D eigenvalue weighted by Gasteiger charge is 2.17. The van der Waals surface area contributed by atoms with Crippen LogP contribution in [0.25, 0.3) is 0 Å². The molecule has 0 fully saturated rings. The van der Waals surface area contributed by atoms with Crippen molar-refractivity contribution in [2.75, 3.05) is 0 Å². The lowest BCUT2D eigenvalue weighted by atomic mass is 10.0. The average Bonchev–Trinajstić information content (AvgIpc) is 2.75. The largest absolute Gasteiger partial charge is 0.457 e. The number of rotatable bonds is 4. The van der Waals surface area contributed by atoms with E-state index in [1.807, 2.05) is 6.07 Å². The molecule has 1 atom stereocenters. The predicted molar refractivity (Wildman–Crippen MR) is 74.3 cm³/mol. The molecule has 1 aromatic carbocycles. The van der Waals surface area contributed by atoms with Gasteiger partial charge in [-0.1, -0.05) is 22.0 Å². The van der Waals surface area contributed by atoms with Crippen molar-refractivity contribution in [3.05, 3.63) is 56.6 Å². The van der Waals surface area contributed by atoms with Crippen molar-refractivity contribution in [1.29, 1.82) is 0 Å². The third-order valence-corrected chi connectivity index (χ3v) is 4.04. The molecule has 0 saturated heterocycles. The SMILES string of the molecule is NNC(Cc1ccc(F)cc1Br)c1ccoc1Br. The predicted octanol–water partition coefficient (Wildman–Crippen LogP) is 3.69. The van der Waals surface area contributed by atoms with Gasteiger partial charge in [-0.15, -0.1) is 0 Å². The summed E-state index contributed by atoms with van der Waals surface area (Å²) in [7, 11) is 0. The van der Waals surface area contributed by atoms with Crippen LogP contribution >= 0.6 is 31.9 Å². The number of halogens is 3. The minimum Gasteiger partial charge on any atom is -0.457 e. The summed E-state index contributed by atoms with van der Waals surface area (Å²) >= 11 is 6.66. The van der Waals surface area contributed by atoms with Crippen LogP contribution in [0.1, 0.15) is 17.2 Å². The lowest BCUT2D eigenvalue weighted by Gasteiger charge is -2.15. The molecule has 0 saturated carbocycles. The number of nitrogens with two attached hydrogens (primary N) is 1. The lowest BCUT2D eigenvalue weighted by Crippen LogP contribution is -2.29.